The Bertz CT molecular complexity index is 830. The lowest BCUT2D eigenvalue weighted by molar-refractivity contribution is 0.415. The lowest BCUT2D eigenvalue weighted by Gasteiger charge is -2.05. The average Bonchev–Trinajstić information content (AvgIpc) is 2.63. The molecule has 0 radical (unpaired) electrons. The van der Waals surface area contributed by atoms with E-state index < -0.39 is 0 Å². The number of benzene rings is 2. The zero-order valence-corrected chi connectivity index (χ0v) is 13.9. The summed E-state index contributed by atoms with van der Waals surface area (Å²) in [4.78, 5) is 8.70. The molecule has 3 aromatic rings. The van der Waals surface area contributed by atoms with Crippen molar-refractivity contribution in [2.75, 3.05) is 12.4 Å². The third kappa shape index (κ3) is 4.33. The van der Waals surface area contributed by atoms with Crippen molar-refractivity contribution in [1.82, 2.24) is 9.97 Å². The van der Waals surface area contributed by atoms with Crippen molar-refractivity contribution in [3.63, 3.8) is 0 Å². The molecule has 0 fully saturated rings. The third-order valence-electron chi connectivity index (χ3n) is 3.34. The van der Waals surface area contributed by atoms with Crippen molar-refractivity contribution in [2.24, 2.45) is 0 Å². The predicted molar refractivity (Wildman–Crippen MR) is 98.7 cm³/mol. The first kappa shape index (κ1) is 16.0. The van der Waals surface area contributed by atoms with E-state index in [2.05, 4.69) is 15.3 Å². The van der Waals surface area contributed by atoms with E-state index in [0.29, 0.717) is 11.0 Å². The van der Waals surface area contributed by atoms with E-state index in [-0.39, 0.29) is 0 Å². The Labute approximate surface area is 145 Å². The minimum atomic E-state index is 0.536. The SMILES string of the molecule is COc1ccc(/C=C/c2ccnc(Nc3ccc(Cl)cc3)n2)cc1. The highest BCUT2D eigenvalue weighted by molar-refractivity contribution is 6.30. The normalized spacial score (nSPS) is 10.8. The fraction of sp³-hybridized carbons (Fsp3) is 0.0526. The van der Waals surface area contributed by atoms with Gasteiger partial charge in [-0.3, -0.25) is 0 Å². The van der Waals surface area contributed by atoms with Crippen LogP contribution in [0.2, 0.25) is 5.02 Å². The van der Waals surface area contributed by atoms with Crippen LogP contribution in [0.1, 0.15) is 11.3 Å². The highest BCUT2D eigenvalue weighted by Gasteiger charge is 1.99. The van der Waals surface area contributed by atoms with E-state index in [1.165, 1.54) is 0 Å². The molecular formula is C19H16ClN3O. The number of halogens is 1. The van der Waals surface area contributed by atoms with Crippen molar-refractivity contribution in [1.29, 1.82) is 0 Å². The highest BCUT2D eigenvalue weighted by atomic mass is 35.5. The zero-order valence-electron chi connectivity index (χ0n) is 13.1. The number of methoxy groups -OCH3 is 1. The molecule has 0 amide bonds. The van der Waals surface area contributed by atoms with Crippen LogP contribution in [0, 0.1) is 0 Å². The number of nitrogens with one attached hydrogen (secondary N) is 1. The van der Waals surface area contributed by atoms with E-state index >= 15 is 0 Å². The lowest BCUT2D eigenvalue weighted by atomic mass is 10.2. The molecule has 0 aliphatic heterocycles. The number of anilines is 2. The van der Waals surface area contributed by atoms with Gasteiger partial charge in [0.05, 0.1) is 12.8 Å². The molecule has 1 N–H and O–H groups in total. The van der Waals surface area contributed by atoms with Gasteiger partial charge in [-0.1, -0.05) is 29.8 Å². The Morgan fingerprint density at radius 1 is 0.958 bits per heavy atom. The first-order chi connectivity index (χ1) is 11.7. The van der Waals surface area contributed by atoms with Gasteiger partial charge in [-0.05, 0) is 54.1 Å². The molecule has 0 saturated carbocycles. The van der Waals surface area contributed by atoms with Gasteiger partial charge in [-0.15, -0.1) is 0 Å². The molecule has 3 rings (SSSR count). The Morgan fingerprint density at radius 2 is 1.71 bits per heavy atom. The van der Waals surface area contributed by atoms with Gasteiger partial charge in [0, 0.05) is 16.9 Å². The molecule has 2 aromatic carbocycles. The molecule has 1 heterocycles. The first-order valence-corrected chi connectivity index (χ1v) is 7.78. The molecule has 1 aromatic heterocycles. The molecule has 120 valence electrons. The van der Waals surface area contributed by atoms with E-state index in [4.69, 9.17) is 16.3 Å². The van der Waals surface area contributed by atoms with Crippen molar-refractivity contribution in [2.45, 2.75) is 0 Å². The summed E-state index contributed by atoms with van der Waals surface area (Å²) in [6.07, 6.45) is 5.66. The number of nitrogens with zero attached hydrogens (tertiary/aromatic N) is 2. The zero-order chi connectivity index (χ0) is 16.8. The summed E-state index contributed by atoms with van der Waals surface area (Å²) in [5.41, 5.74) is 2.77. The standard InChI is InChI=1S/C19H16ClN3O/c1-24-18-10-3-14(4-11-18)2-7-17-12-13-21-19(23-17)22-16-8-5-15(20)6-9-16/h2-13H,1H3,(H,21,22,23)/b7-2+. The van der Waals surface area contributed by atoms with Crippen molar-refractivity contribution in [3.05, 3.63) is 77.1 Å². The molecular weight excluding hydrogens is 322 g/mol. The van der Waals surface area contributed by atoms with Crippen LogP contribution in [0.25, 0.3) is 12.2 Å². The average molecular weight is 338 g/mol. The summed E-state index contributed by atoms with van der Waals surface area (Å²) in [7, 11) is 1.65. The number of aromatic nitrogens is 2. The molecule has 4 nitrogen and oxygen atoms in total. The van der Waals surface area contributed by atoms with Crippen LogP contribution in [0.15, 0.2) is 60.8 Å². The van der Waals surface area contributed by atoms with E-state index in [9.17, 15) is 0 Å². The van der Waals surface area contributed by atoms with Crippen molar-refractivity contribution in [3.8, 4) is 5.75 Å². The number of hydrogen-bond acceptors (Lipinski definition) is 4. The van der Waals surface area contributed by atoms with Crippen LogP contribution in [-0.4, -0.2) is 17.1 Å². The predicted octanol–water partition coefficient (Wildman–Crippen LogP) is 5.05. The maximum atomic E-state index is 5.88. The molecule has 0 bridgehead atoms. The smallest absolute Gasteiger partial charge is 0.227 e. The lowest BCUT2D eigenvalue weighted by Crippen LogP contribution is -1.97. The third-order valence-corrected chi connectivity index (χ3v) is 3.59. The Kier molecular flexibility index (Phi) is 5.08. The summed E-state index contributed by atoms with van der Waals surface area (Å²) in [5, 5.41) is 3.85. The monoisotopic (exact) mass is 337 g/mol. The fourth-order valence-electron chi connectivity index (χ4n) is 2.08. The van der Waals surface area contributed by atoms with Crippen LogP contribution in [0.3, 0.4) is 0 Å². The van der Waals surface area contributed by atoms with Gasteiger partial charge in [0.25, 0.3) is 0 Å². The maximum Gasteiger partial charge on any atom is 0.227 e. The molecule has 0 aliphatic rings. The first-order valence-electron chi connectivity index (χ1n) is 7.41. The molecule has 24 heavy (non-hydrogen) atoms. The Balaban J connectivity index is 1.72. The fourth-order valence-corrected chi connectivity index (χ4v) is 2.21. The largest absolute Gasteiger partial charge is 0.497 e. The summed E-state index contributed by atoms with van der Waals surface area (Å²) in [6.45, 7) is 0. The Hall–Kier alpha value is -2.85. The minimum absolute atomic E-state index is 0.536. The molecule has 0 atom stereocenters. The molecule has 0 saturated heterocycles. The molecule has 0 unspecified atom stereocenters. The number of rotatable bonds is 5. The second kappa shape index (κ2) is 7.62. The molecule has 5 heteroatoms. The maximum absolute atomic E-state index is 5.88. The van der Waals surface area contributed by atoms with Gasteiger partial charge in [-0.2, -0.15) is 0 Å². The van der Waals surface area contributed by atoms with Gasteiger partial charge in [0.2, 0.25) is 5.95 Å². The van der Waals surface area contributed by atoms with Gasteiger partial charge in [-0.25, -0.2) is 9.97 Å². The van der Waals surface area contributed by atoms with Crippen LogP contribution in [-0.2, 0) is 0 Å². The van der Waals surface area contributed by atoms with E-state index in [1.807, 2.05) is 66.7 Å². The number of hydrogen-bond donors (Lipinski definition) is 1. The number of ether oxygens (including phenoxy) is 1. The van der Waals surface area contributed by atoms with E-state index in [0.717, 1.165) is 22.7 Å². The van der Waals surface area contributed by atoms with Crippen LogP contribution < -0.4 is 10.1 Å². The summed E-state index contributed by atoms with van der Waals surface area (Å²) in [5.74, 6) is 1.37. The highest BCUT2D eigenvalue weighted by Crippen LogP contribution is 2.17. The van der Waals surface area contributed by atoms with Crippen molar-refractivity contribution < 1.29 is 4.74 Å². The van der Waals surface area contributed by atoms with Gasteiger partial charge >= 0.3 is 0 Å². The van der Waals surface area contributed by atoms with Gasteiger partial charge in [0.15, 0.2) is 0 Å². The summed E-state index contributed by atoms with van der Waals surface area (Å²) < 4.78 is 5.15. The second-order valence-corrected chi connectivity index (χ2v) is 5.48. The quantitative estimate of drug-likeness (QED) is 0.707. The van der Waals surface area contributed by atoms with Crippen LogP contribution >= 0.6 is 11.6 Å². The van der Waals surface area contributed by atoms with Gasteiger partial charge in [0.1, 0.15) is 5.75 Å². The Morgan fingerprint density at radius 3 is 2.42 bits per heavy atom. The van der Waals surface area contributed by atoms with Crippen LogP contribution in [0.5, 0.6) is 5.75 Å². The minimum Gasteiger partial charge on any atom is -0.497 e. The topological polar surface area (TPSA) is 47.0 Å². The van der Waals surface area contributed by atoms with Gasteiger partial charge < -0.3 is 10.1 Å². The van der Waals surface area contributed by atoms with Crippen LogP contribution in [0.4, 0.5) is 11.6 Å². The van der Waals surface area contributed by atoms with E-state index in [1.54, 1.807) is 13.3 Å². The summed E-state index contributed by atoms with van der Waals surface area (Å²) >= 11 is 5.88. The van der Waals surface area contributed by atoms with Crippen molar-refractivity contribution >= 4 is 35.4 Å². The molecule has 0 spiro atoms. The summed E-state index contributed by atoms with van der Waals surface area (Å²) in [6, 6.07) is 17.1. The second-order valence-electron chi connectivity index (χ2n) is 5.04. The molecule has 0 aliphatic carbocycles.